The van der Waals surface area contributed by atoms with Gasteiger partial charge in [0, 0.05) is 31.5 Å². The van der Waals surface area contributed by atoms with Crippen LogP contribution < -0.4 is 5.32 Å². The molecule has 7 nitrogen and oxygen atoms in total. The quantitative estimate of drug-likeness (QED) is 0.515. The Balaban J connectivity index is 1.43. The van der Waals surface area contributed by atoms with Gasteiger partial charge in [0.15, 0.2) is 8.32 Å². The number of nitrogens with zero attached hydrogens (tertiary/aromatic N) is 1. The number of likely N-dealkylation sites (tertiary alicyclic amines) is 1. The number of benzene rings is 2. The van der Waals surface area contributed by atoms with Gasteiger partial charge in [0.05, 0.1) is 6.61 Å². The van der Waals surface area contributed by atoms with Gasteiger partial charge >= 0.3 is 6.09 Å². The van der Waals surface area contributed by atoms with Crippen LogP contribution in [0.3, 0.4) is 0 Å². The van der Waals surface area contributed by atoms with Crippen molar-refractivity contribution in [3.05, 3.63) is 59.7 Å². The van der Waals surface area contributed by atoms with Gasteiger partial charge in [-0.25, -0.2) is 4.79 Å². The molecule has 2 N–H and O–H groups in total. The van der Waals surface area contributed by atoms with Crippen molar-refractivity contribution in [3.8, 4) is 11.1 Å². The molecule has 8 heteroatoms. The topological polar surface area (TPSA) is 88.1 Å². The summed E-state index contributed by atoms with van der Waals surface area (Å²) < 4.78 is 12.0. The van der Waals surface area contributed by atoms with Crippen molar-refractivity contribution in [2.24, 2.45) is 5.92 Å². The molecule has 1 heterocycles. The highest BCUT2D eigenvalue weighted by Gasteiger charge is 2.40. The lowest BCUT2D eigenvalue weighted by atomic mass is 9.98. The molecule has 1 atom stereocenters. The van der Waals surface area contributed by atoms with Gasteiger partial charge < -0.3 is 24.5 Å². The van der Waals surface area contributed by atoms with E-state index in [9.17, 15) is 14.7 Å². The lowest BCUT2D eigenvalue weighted by Crippen LogP contribution is -2.59. The average Bonchev–Trinajstić information content (AvgIpc) is 3.12. The van der Waals surface area contributed by atoms with Crippen molar-refractivity contribution in [3.63, 3.8) is 0 Å². The molecule has 0 bridgehead atoms. The Morgan fingerprint density at radius 2 is 1.61 bits per heavy atom. The highest BCUT2D eigenvalue weighted by Crippen LogP contribution is 2.44. The van der Waals surface area contributed by atoms with E-state index in [1.807, 2.05) is 24.3 Å². The third-order valence-corrected chi connectivity index (χ3v) is 12.4. The lowest BCUT2D eigenvalue weighted by molar-refractivity contribution is -0.141. The largest absolute Gasteiger partial charge is 0.449 e. The van der Waals surface area contributed by atoms with E-state index in [-0.39, 0.29) is 42.6 Å². The number of ether oxygens (including phenoxy) is 1. The van der Waals surface area contributed by atoms with E-state index in [1.165, 1.54) is 0 Å². The zero-order valence-corrected chi connectivity index (χ0v) is 22.9. The molecular weight excluding hydrogens is 472 g/mol. The molecule has 1 fully saturated rings. The van der Waals surface area contributed by atoms with E-state index >= 15 is 0 Å². The summed E-state index contributed by atoms with van der Waals surface area (Å²) in [6.45, 7) is 11.9. The second-order valence-electron chi connectivity index (χ2n) is 11.4. The Bertz CT molecular complexity index is 1060. The van der Waals surface area contributed by atoms with E-state index in [4.69, 9.17) is 9.16 Å². The first-order valence-electron chi connectivity index (χ1n) is 12.7. The predicted octanol–water partition coefficient (Wildman–Crippen LogP) is 4.37. The Morgan fingerprint density at radius 3 is 2.14 bits per heavy atom. The molecule has 0 aromatic heterocycles. The molecule has 36 heavy (non-hydrogen) atoms. The van der Waals surface area contributed by atoms with Crippen LogP contribution in [0, 0.1) is 5.92 Å². The van der Waals surface area contributed by atoms with Crippen LogP contribution in [-0.4, -0.2) is 69.3 Å². The highest BCUT2D eigenvalue weighted by atomic mass is 28.4. The maximum absolute atomic E-state index is 13.2. The highest BCUT2D eigenvalue weighted by molar-refractivity contribution is 6.74. The van der Waals surface area contributed by atoms with Crippen LogP contribution in [-0.2, 0) is 14.0 Å². The van der Waals surface area contributed by atoms with Gasteiger partial charge in [-0.2, -0.15) is 0 Å². The summed E-state index contributed by atoms with van der Waals surface area (Å²) in [6, 6.07) is 15.5. The smallest absolute Gasteiger partial charge is 0.407 e. The van der Waals surface area contributed by atoms with Crippen LogP contribution in [0.1, 0.15) is 37.8 Å². The summed E-state index contributed by atoms with van der Waals surface area (Å²) >= 11 is 0. The molecular formula is C28H38N2O5Si. The van der Waals surface area contributed by atoms with E-state index < -0.39 is 20.5 Å². The first-order chi connectivity index (χ1) is 17.0. The van der Waals surface area contributed by atoms with E-state index in [0.29, 0.717) is 13.1 Å². The number of hydrogen-bond donors (Lipinski definition) is 2. The lowest BCUT2D eigenvalue weighted by Gasteiger charge is -2.41. The van der Waals surface area contributed by atoms with Gasteiger partial charge in [-0.15, -0.1) is 0 Å². The molecule has 2 aromatic rings. The minimum absolute atomic E-state index is 0.0247. The molecule has 2 aliphatic rings. The summed E-state index contributed by atoms with van der Waals surface area (Å²) in [5.41, 5.74) is 4.59. The number of hydrogen-bond acceptors (Lipinski definition) is 5. The van der Waals surface area contributed by atoms with Crippen LogP contribution in [0.4, 0.5) is 4.79 Å². The Labute approximate surface area is 214 Å². The first kappa shape index (κ1) is 26.4. The maximum Gasteiger partial charge on any atom is 0.407 e. The zero-order valence-electron chi connectivity index (χ0n) is 21.9. The fraction of sp³-hybridized carbons (Fsp3) is 0.500. The van der Waals surface area contributed by atoms with Crippen molar-refractivity contribution in [2.45, 2.75) is 50.9 Å². The molecule has 1 aliphatic carbocycles. The summed E-state index contributed by atoms with van der Waals surface area (Å²) in [6.07, 6.45) is -0.631. The van der Waals surface area contributed by atoms with Crippen molar-refractivity contribution in [2.75, 3.05) is 32.9 Å². The predicted molar refractivity (Wildman–Crippen MR) is 142 cm³/mol. The molecule has 0 saturated carbocycles. The molecule has 2 aromatic carbocycles. The van der Waals surface area contributed by atoms with Gasteiger partial charge in [0.25, 0.3) is 0 Å². The van der Waals surface area contributed by atoms with E-state index in [2.05, 4.69) is 63.4 Å². The van der Waals surface area contributed by atoms with Crippen molar-refractivity contribution in [1.29, 1.82) is 0 Å². The molecule has 0 spiro atoms. The number of alkyl carbamates (subject to hydrolysis) is 1. The van der Waals surface area contributed by atoms with Crippen LogP contribution in [0.5, 0.6) is 0 Å². The van der Waals surface area contributed by atoms with Crippen molar-refractivity contribution < 1.29 is 23.9 Å². The molecule has 0 unspecified atom stereocenters. The minimum atomic E-state index is -2.13. The third kappa shape index (κ3) is 5.35. The van der Waals surface area contributed by atoms with Crippen molar-refractivity contribution in [1.82, 2.24) is 10.2 Å². The maximum atomic E-state index is 13.2. The molecule has 1 aliphatic heterocycles. The molecule has 0 radical (unpaired) electrons. The van der Waals surface area contributed by atoms with Gasteiger partial charge in [0.2, 0.25) is 5.91 Å². The van der Waals surface area contributed by atoms with Gasteiger partial charge in [0.1, 0.15) is 12.6 Å². The molecule has 1 saturated heterocycles. The second-order valence-corrected chi connectivity index (χ2v) is 16.2. The first-order valence-corrected chi connectivity index (χ1v) is 15.6. The van der Waals surface area contributed by atoms with E-state index in [1.54, 1.807) is 4.90 Å². The Morgan fingerprint density at radius 1 is 1.06 bits per heavy atom. The second kappa shape index (κ2) is 10.4. The number of amides is 2. The molecule has 2 amide bonds. The number of carbonyl (C=O) groups excluding carboxylic acids is 2. The SMILES string of the molecule is CC(C)(C)[Si](C)(C)OC[C@H](NC(=O)OCC1c2ccccc2-c2ccccc21)C(=O)N1CC(CO)C1. The third-order valence-electron chi connectivity index (χ3n) is 7.88. The number of aliphatic hydroxyl groups excluding tert-OH is 1. The molecule has 194 valence electrons. The fourth-order valence-electron chi connectivity index (χ4n) is 4.55. The summed E-state index contributed by atoms with van der Waals surface area (Å²) in [7, 11) is -2.13. The minimum Gasteiger partial charge on any atom is -0.449 e. The summed E-state index contributed by atoms with van der Waals surface area (Å²) in [5, 5.41) is 12.1. The van der Waals surface area contributed by atoms with Gasteiger partial charge in [-0.05, 0) is 40.4 Å². The number of nitrogens with one attached hydrogen (secondary N) is 1. The number of carbonyl (C=O) groups is 2. The fourth-order valence-corrected chi connectivity index (χ4v) is 5.57. The number of rotatable bonds is 8. The van der Waals surface area contributed by atoms with Gasteiger partial charge in [-0.1, -0.05) is 69.3 Å². The zero-order chi connectivity index (χ0) is 26.1. The summed E-state index contributed by atoms with van der Waals surface area (Å²) in [5.74, 6) is -0.168. The average molecular weight is 511 g/mol. The standard InChI is InChI=1S/C28H38N2O5Si/c1-28(2,3)36(4,5)35-18-25(26(32)30-14-19(15-30)16-31)29-27(33)34-17-24-22-12-8-6-10-20(22)21-11-7-9-13-23(21)24/h6-13,19,24-25,31H,14-18H2,1-5H3,(H,29,33)/t25-/m0/s1. The van der Waals surface area contributed by atoms with Crippen LogP contribution in [0.25, 0.3) is 11.1 Å². The van der Waals surface area contributed by atoms with Crippen LogP contribution >= 0.6 is 0 Å². The normalized spacial score (nSPS) is 16.7. The number of fused-ring (bicyclic) bond motifs is 3. The Hall–Kier alpha value is -2.68. The van der Waals surface area contributed by atoms with Crippen LogP contribution in [0.2, 0.25) is 18.1 Å². The monoisotopic (exact) mass is 510 g/mol. The van der Waals surface area contributed by atoms with Gasteiger partial charge in [-0.3, -0.25) is 4.79 Å². The Kier molecular flexibility index (Phi) is 7.59. The van der Waals surface area contributed by atoms with Crippen LogP contribution in [0.15, 0.2) is 48.5 Å². The van der Waals surface area contributed by atoms with E-state index in [0.717, 1.165) is 22.3 Å². The number of aliphatic hydroxyl groups is 1. The molecule has 4 rings (SSSR count). The summed E-state index contributed by atoms with van der Waals surface area (Å²) in [4.78, 5) is 27.8. The van der Waals surface area contributed by atoms with Crippen molar-refractivity contribution >= 4 is 20.3 Å².